The lowest BCUT2D eigenvalue weighted by Gasteiger charge is -2.06. The standard InChI is InChI=1S/C11H10ClN3O3/c12-5-4-8(16)13-7-3-1-2-6-9(7)11(18)15-14-10(6)17/h1-3H,4-5H2,(H,13,16)(H,14,17)(H,15,18). The van der Waals surface area contributed by atoms with Crippen molar-refractivity contribution in [1.82, 2.24) is 10.2 Å². The highest BCUT2D eigenvalue weighted by molar-refractivity contribution is 6.19. The molecule has 0 radical (unpaired) electrons. The number of fused-ring (bicyclic) bond motifs is 1. The van der Waals surface area contributed by atoms with Gasteiger partial charge in [-0.25, -0.2) is 0 Å². The lowest BCUT2D eigenvalue weighted by Crippen LogP contribution is -2.21. The number of halogens is 1. The zero-order valence-electron chi connectivity index (χ0n) is 9.25. The molecule has 1 aromatic carbocycles. The van der Waals surface area contributed by atoms with E-state index in [1.165, 1.54) is 6.07 Å². The predicted molar refractivity (Wildman–Crippen MR) is 69.2 cm³/mol. The van der Waals surface area contributed by atoms with E-state index in [1.54, 1.807) is 12.1 Å². The van der Waals surface area contributed by atoms with Gasteiger partial charge in [0, 0.05) is 12.3 Å². The first kappa shape index (κ1) is 12.4. The Labute approximate surface area is 106 Å². The van der Waals surface area contributed by atoms with Crippen molar-refractivity contribution in [3.63, 3.8) is 0 Å². The lowest BCUT2D eigenvalue weighted by atomic mass is 10.1. The number of hydrogen-bond acceptors (Lipinski definition) is 3. The van der Waals surface area contributed by atoms with E-state index in [9.17, 15) is 14.4 Å². The van der Waals surface area contributed by atoms with Crippen LogP contribution in [0.15, 0.2) is 27.8 Å². The molecule has 1 heterocycles. The summed E-state index contributed by atoms with van der Waals surface area (Å²) < 4.78 is 0. The number of rotatable bonds is 3. The molecule has 0 bridgehead atoms. The zero-order valence-corrected chi connectivity index (χ0v) is 10.0. The summed E-state index contributed by atoms with van der Waals surface area (Å²) >= 11 is 5.45. The van der Waals surface area contributed by atoms with Crippen LogP contribution in [-0.2, 0) is 4.79 Å². The molecule has 0 aliphatic carbocycles. The normalized spacial score (nSPS) is 10.5. The first-order chi connectivity index (χ1) is 8.63. The van der Waals surface area contributed by atoms with Crippen molar-refractivity contribution in [1.29, 1.82) is 0 Å². The average molecular weight is 268 g/mol. The van der Waals surface area contributed by atoms with Crippen LogP contribution in [0.4, 0.5) is 5.69 Å². The number of alkyl halides is 1. The molecule has 3 N–H and O–H groups in total. The maximum atomic E-state index is 11.7. The molecule has 7 heteroatoms. The van der Waals surface area contributed by atoms with E-state index < -0.39 is 11.1 Å². The summed E-state index contributed by atoms with van der Waals surface area (Å²) in [6.45, 7) is 0. The van der Waals surface area contributed by atoms with Crippen LogP contribution >= 0.6 is 11.6 Å². The highest BCUT2D eigenvalue weighted by atomic mass is 35.5. The van der Waals surface area contributed by atoms with Crippen molar-refractivity contribution >= 4 is 34.0 Å². The van der Waals surface area contributed by atoms with Crippen molar-refractivity contribution in [3.8, 4) is 0 Å². The maximum Gasteiger partial charge on any atom is 0.272 e. The van der Waals surface area contributed by atoms with Gasteiger partial charge in [-0.15, -0.1) is 11.6 Å². The predicted octanol–water partition coefficient (Wildman–Crippen LogP) is 0.784. The minimum Gasteiger partial charge on any atom is -0.325 e. The molecule has 0 unspecified atom stereocenters. The summed E-state index contributed by atoms with van der Waals surface area (Å²) in [5.41, 5.74) is -0.584. The molecule has 0 atom stereocenters. The summed E-state index contributed by atoms with van der Waals surface area (Å²) in [7, 11) is 0. The van der Waals surface area contributed by atoms with E-state index in [-0.39, 0.29) is 29.0 Å². The molecule has 2 rings (SSSR count). The van der Waals surface area contributed by atoms with Crippen LogP contribution in [0.1, 0.15) is 6.42 Å². The van der Waals surface area contributed by atoms with Gasteiger partial charge in [0.15, 0.2) is 0 Å². The van der Waals surface area contributed by atoms with E-state index in [0.717, 1.165) is 0 Å². The van der Waals surface area contributed by atoms with E-state index in [4.69, 9.17) is 11.6 Å². The van der Waals surface area contributed by atoms with Crippen molar-refractivity contribution in [2.75, 3.05) is 11.2 Å². The van der Waals surface area contributed by atoms with Crippen LogP contribution in [0, 0.1) is 0 Å². The Morgan fingerprint density at radius 2 is 1.94 bits per heavy atom. The Kier molecular flexibility index (Phi) is 3.47. The number of nitrogens with one attached hydrogen (secondary N) is 3. The third kappa shape index (κ3) is 2.28. The molecule has 0 spiro atoms. The molecule has 0 fully saturated rings. The minimum absolute atomic E-state index is 0.138. The number of hydrogen-bond donors (Lipinski definition) is 3. The van der Waals surface area contributed by atoms with Crippen molar-refractivity contribution in [2.24, 2.45) is 0 Å². The molecule has 18 heavy (non-hydrogen) atoms. The summed E-state index contributed by atoms with van der Waals surface area (Å²) in [5.74, 6) is -0.120. The highest BCUT2D eigenvalue weighted by Crippen LogP contribution is 2.16. The number of carbonyl (C=O) groups excluding carboxylic acids is 1. The number of anilines is 1. The maximum absolute atomic E-state index is 11.7. The van der Waals surface area contributed by atoms with E-state index in [1.807, 2.05) is 0 Å². The second-order valence-electron chi connectivity index (χ2n) is 3.62. The fourth-order valence-electron chi connectivity index (χ4n) is 1.63. The lowest BCUT2D eigenvalue weighted by molar-refractivity contribution is -0.115. The Bertz CT molecular complexity index is 704. The minimum atomic E-state index is -0.466. The summed E-state index contributed by atoms with van der Waals surface area (Å²) in [6, 6.07) is 4.66. The summed E-state index contributed by atoms with van der Waals surface area (Å²) in [4.78, 5) is 34.7. The van der Waals surface area contributed by atoms with Gasteiger partial charge < -0.3 is 5.32 Å². The van der Waals surface area contributed by atoms with Gasteiger partial charge in [-0.05, 0) is 12.1 Å². The fourth-order valence-corrected chi connectivity index (χ4v) is 1.80. The number of amides is 1. The quantitative estimate of drug-likeness (QED) is 0.717. The molecule has 1 aromatic heterocycles. The molecule has 6 nitrogen and oxygen atoms in total. The van der Waals surface area contributed by atoms with Crippen LogP contribution in [0.25, 0.3) is 10.8 Å². The topological polar surface area (TPSA) is 94.8 Å². The molecule has 2 aromatic rings. The molecule has 0 aliphatic heterocycles. The van der Waals surface area contributed by atoms with Crippen LogP contribution in [0.5, 0.6) is 0 Å². The van der Waals surface area contributed by atoms with Gasteiger partial charge in [0.25, 0.3) is 11.1 Å². The second kappa shape index (κ2) is 5.05. The SMILES string of the molecule is O=C(CCCl)Nc1cccc2c(=O)[nH][nH]c(=O)c12. The third-order valence-electron chi connectivity index (χ3n) is 2.42. The monoisotopic (exact) mass is 267 g/mol. The van der Waals surface area contributed by atoms with Crippen LogP contribution in [0.3, 0.4) is 0 Å². The van der Waals surface area contributed by atoms with Gasteiger partial charge >= 0.3 is 0 Å². The van der Waals surface area contributed by atoms with Gasteiger partial charge in [-0.2, -0.15) is 0 Å². The van der Waals surface area contributed by atoms with E-state index >= 15 is 0 Å². The number of benzene rings is 1. The zero-order chi connectivity index (χ0) is 13.1. The Hall–Kier alpha value is -2.08. The molecular formula is C11H10ClN3O3. The molecule has 1 amide bonds. The third-order valence-corrected chi connectivity index (χ3v) is 2.61. The van der Waals surface area contributed by atoms with E-state index in [2.05, 4.69) is 15.5 Å². The second-order valence-corrected chi connectivity index (χ2v) is 4.00. The number of H-pyrrole nitrogens is 2. The van der Waals surface area contributed by atoms with Gasteiger partial charge in [-0.3, -0.25) is 24.6 Å². The van der Waals surface area contributed by atoms with Gasteiger partial charge in [0.05, 0.1) is 16.5 Å². The van der Waals surface area contributed by atoms with E-state index in [0.29, 0.717) is 5.69 Å². The highest BCUT2D eigenvalue weighted by Gasteiger charge is 2.10. The number of carbonyl (C=O) groups is 1. The molecule has 0 aliphatic rings. The van der Waals surface area contributed by atoms with Crippen LogP contribution in [-0.4, -0.2) is 22.0 Å². The molecule has 0 saturated carbocycles. The van der Waals surface area contributed by atoms with Crippen molar-refractivity contribution in [3.05, 3.63) is 38.9 Å². The Balaban J connectivity index is 2.58. The number of aromatic amines is 2. The number of aromatic nitrogens is 2. The smallest absolute Gasteiger partial charge is 0.272 e. The first-order valence-electron chi connectivity index (χ1n) is 5.23. The Morgan fingerprint density at radius 3 is 2.67 bits per heavy atom. The Morgan fingerprint density at radius 1 is 1.22 bits per heavy atom. The van der Waals surface area contributed by atoms with Gasteiger partial charge in [0.2, 0.25) is 5.91 Å². The molecule has 0 saturated heterocycles. The molecular weight excluding hydrogens is 258 g/mol. The van der Waals surface area contributed by atoms with Gasteiger partial charge in [-0.1, -0.05) is 6.07 Å². The van der Waals surface area contributed by atoms with Crippen LogP contribution in [0.2, 0.25) is 0 Å². The largest absolute Gasteiger partial charge is 0.325 e. The van der Waals surface area contributed by atoms with Gasteiger partial charge in [0.1, 0.15) is 0 Å². The summed E-state index contributed by atoms with van der Waals surface area (Å²) in [5, 5.41) is 7.38. The van der Waals surface area contributed by atoms with Crippen LogP contribution < -0.4 is 16.4 Å². The fraction of sp³-hybridized carbons (Fsp3) is 0.182. The summed E-state index contributed by atoms with van der Waals surface area (Å²) in [6.07, 6.45) is 0.138. The average Bonchev–Trinajstić information content (AvgIpc) is 2.34. The van der Waals surface area contributed by atoms with Crippen molar-refractivity contribution < 1.29 is 4.79 Å². The van der Waals surface area contributed by atoms with Crippen molar-refractivity contribution in [2.45, 2.75) is 6.42 Å². The molecule has 94 valence electrons. The first-order valence-corrected chi connectivity index (χ1v) is 5.76.